The number of rotatable bonds is 16. The Morgan fingerprint density at radius 3 is 1.97 bits per heavy atom. The van der Waals surface area contributed by atoms with Gasteiger partial charge in [-0.3, -0.25) is 19.2 Å². The van der Waals surface area contributed by atoms with Crippen LogP contribution in [0.1, 0.15) is 58.9 Å². The minimum Gasteiger partial charge on any atom is -0.481 e. The summed E-state index contributed by atoms with van der Waals surface area (Å²) in [6, 6.07) is 4.65. The third-order valence-corrected chi connectivity index (χ3v) is 6.03. The van der Waals surface area contributed by atoms with Gasteiger partial charge in [0.15, 0.2) is 0 Å². The van der Waals surface area contributed by atoms with Crippen LogP contribution in [-0.2, 0) is 30.4 Å². The predicted molar refractivity (Wildman–Crippen MR) is 137 cm³/mol. The molecule has 0 saturated heterocycles. The number of carbonyl (C=O) groups is 5. The highest BCUT2D eigenvalue weighted by molar-refractivity contribution is 5.94. The molecular weight excluding hydrogens is 480 g/mol. The molecule has 0 bridgehead atoms. The standard InChI is InChI=1S/C26H40N4O7/c1-5-16(4)22(25(35)28-19(26(36)37)11-12-21(31)32)30-24(34)20(14-17-9-7-6-8-10-17)29-23(33)18(27)13-15(2)3/h6-10,15-16,18-20,22H,5,11-14,27H2,1-4H3,(H,28,35)(H,29,33)(H,30,34)(H,31,32)(H,36,37). The molecule has 7 N–H and O–H groups in total. The number of nitrogens with two attached hydrogens (primary N) is 1. The second-order valence-corrected chi connectivity index (χ2v) is 9.69. The molecule has 1 rings (SSSR count). The topological polar surface area (TPSA) is 188 Å². The first-order chi connectivity index (χ1) is 17.3. The van der Waals surface area contributed by atoms with Crippen molar-refractivity contribution in [3.8, 4) is 0 Å². The van der Waals surface area contributed by atoms with Gasteiger partial charge in [0, 0.05) is 12.8 Å². The molecule has 3 amide bonds. The third kappa shape index (κ3) is 11.4. The van der Waals surface area contributed by atoms with Gasteiger partial charge in [-0.1, -0.05) is 64.4 Å². The largest absolute Gasteiger partial charge is 0.481 e. The molecule has 11 heteroatoms. The highest BCUT2D eigenvalue weighted by Crippen LogP contribution is 2.12. The van der Waals surface area contributed by atoms with Gasteiger partial charge in [0.25, 0.3) is 0 Å². The maximum absolute atomic E-state index is 13.4. The zero-order valence-corrected chi connectivity index (χ0v) is 21.9. The molecule has 1 aromatic rings. The highest BCUT2D eigenvalue weighted by atomic mass is 16.4. The first-order valence-electron chi connectivity index (χ1n) is 12.5. The van der Waals surface area contributed by atoms with Crippen molar-refractivity contribution in [3.05, 3.63) is 35.9 Å². The lowest BCUT2D eigenvalue weighted by Gasteiger charge is -2.28. The van der Waals surface area contributed by atoms with Crippen molar-refractivity contribution >= 4 is 29.7 Å². The molecule has 0 aliphatic rings. The van der Waals surface area contributed by atoms with Gasteiger partial charge < -0.3 is 31.9 Å². The molecule has 0 radical (unpaired) electrons. The zero-order chi connectivity index (χ0) is 28.1. The van der Waals surface area contributed by atoms with Crippen molar-refractivity contribution in [1.29, 1.82) is 0 Å². The SMILES string of the molecule is CCC(C)C(NC(=O)C(Cc1ccccc1)NC(=O)C(N)CC(C)C)C(=O)NC(CCC(=O)O)C(=O)O. The molecule has 206 valence electrons. The van der Waals surface area contributed by atoms with E-state index in [1.807, 2.05) is 26.8 Å². The van der Waals surface area contributed by atoms with Crippen LogP contribution >= 0.6 is 0 Å². The summed E-state index contributed by atoms with van der Waals surface area (Å²) in [5, 5.41) is 26.0. The number of hydrogen-bond acceptors (Lipinski definition) is 6. The van der Waals surface area contributed by atoms with Crippen LogP contribution in [0.3, 0.4) is 0 Å². The molecular formula is C26H40N4O7. The average molecular weight is 521 g/mol. The molecule has 11 nitrogen and oxygen atoms in total. The van der Waals surface area contributed by atoms with E-state index in [-0.39, 0.29) is 24.7 Å². The average Bonchev–Trinajstić information content (AvgIpc) is 2.83. The van der Waals surface area contributed by atoms with Gasteiger partial charge in [-0.15, -0.1) is 0 Å². The van der Waals surface area contributed by atoms with Crippen LogP contribution in [0.5, 0.6) is 0 Å². The molecule has 0 aromatic heterocycles. The lowest BCUT2D eigenvalue weighted by molar-refractivity contribution is -0.143. The summed E-state index contributed by atoms with van der Waals surface area (Å²) in [7, 11) is 0. The Balaban J connectivity index is 3.11. The Labute approximate surface area is 217 Å². The van der Waals surface area contributed by atoms with Gasteiger partial charge in [0.2, 0.25) is 17.7 Å². The van der Waals surface area contributed by atoms with E-state index in [1.165, 1.54) is 0 Å². The van der Waals surface area contributed by atoms with E-state index in [2.05, 4.69) is 16.0 Å². The first kappa shape index (κ1) is 31.6. The van der Waals surface area contributed by atoms with Crippen molar-refractivity contribution in [2.45, 2.75) is 84.0 Å². The molecule has 0 aliphatic heterocycles. The summed E-state index contributed by atoms with van der Waals surface area (Å²) in [4.78, 5) is 61.5. The minimum atomic E-state index is -1.43. The van der Waals surface area contributed by atoms with Crippen LogP contribution in [0.4, 0.5) is 0 Å². The lowest BCUT2D eigenvalue weighted by atomic mass is 9.96. The Hall–Kier alpha value is -3.47. The van der Waals surface area contributed by atoms with E-state index in [1.54, 1.807) is 31.2 Å². The van der Waals surface area contributed by atoms with Gasteiger partial charge >= 0.3 is 11.9 Å². The van der Waals surface area contributed by atoms with Crippen LogP contribution in [0.2, 0.25) is 0 Å². The summed E-state index contributed by atoms with van der Waals surface area (Å²) in [5.74, 6) is -4.64. The quantitative estimate of drug-likeness (QED) is 0.186. The fourth-order valence-corrected chi connectivity index (χ4v) is 3.70. The maximum atomic E-state index is 13.4. The molecule has 5 atom stereocenters. The second kappa shape index (κ2) is 15.6. The Kier molecular flexibility index (Phi) is 13.3. The van der Waals surface area contributed by atoms with Gasteiger partial charge in [-0.25, -0.2) is 4.79 Å². The predicted octanol–water partition coefficient (Wildman–Crippen LogP) is 1.05. The Morgan fingerprint density at radius 2 is 1.46 bits per heavy atom. The zero-order valence-electron chi connectivity index (χ0n) is 21.9. The molecule has 1 aromatic carbocycles. The van der Waals surface area contributed by atoms with Crippen LogP contribution in [0.25, 0.3) is 0 Å². The van der Waals surface area contributed by atoms with E-state index >= 15 is 0 Å². The van der Waals surface area contributed by atoms with E-state index < -0.39 is 60.2 Å². The Bertz CT molecular complexity index is 923. The van der Waals surface area contributed by atoms with Crippen LogP contribution in [0.15, 0.2) is 30.3 Å². The number of aliphatic carboxylic acids is 2. The number of amides is 3. The molecule has 0 saturated carbocycles. The monoisotopic (exact) mass is 520 g/mol. The molecule has 0 spiro atoms. The van der Waals surface area contributed by atoms with E-state index in [0.29, 0.717) is 12.8 Å². The van der Waals surface area contributed by atoms with E-state index in [9.17, 15) is 29.1 Å². The van der Waals surface area contributed by atoms with Crippen LogP contribution in [0, 0.1) is 11.8 Å². The van der Waals surface area contributed by atoms with Crippen LogP contribution < -0.4 is 21.7 Å². The lowest BCUT2D eigenvalue weighted by Crippen LogP contribution is -2.59. The van der Waals surface area contributed by atoms with Gasteiger partial charge in [0.05, 0.1) is 6.04 Å². The van der Waals surface area contributed by atoms with Crippen molar-refractivity contribution in [2.75, 3.05) is 0 Å². The van der Waals surface area contributed by atoms with Crippen molar-refractivity contribution in [3.63, 3.8) is 0 Å². The molecule has 0 aliphatic carbocycles. The first-order valence-corrected chi connectivity index (χ1v) is 12.5. The number of benzene rings is 1. The van der Waals surface area contributed by atoms with Crippen LogP contribution in [-0.4, -0.2) is 64.0 Å². The van der Waals surface area contributed by atoms with Crippen molar-refractivity contribution in [2.24, 2.45) is 17.6 Å². The minimum absolute atomic E-state index is 0.151. The third-order valence-electron chi connectivity index (χ3n) is 6.03. The second-order valence-electron chi connectivity index (χ2n) is 9.69. The summed E-state index contributed by atoms with van der Waals surface area (Å²) in [6.45, 7) is 7.39. The summed E-state index contributed by atoms with van der Waals surface area (Å²) >= 11 is 0. The maximum Gasteiger partial charge on any atom is 0.326 e. The fourth-order valence-electron chi connectivity index (χ4n) is 3.70. The van der Waals surface area contributed by atoms with Gasteiger partial charge in [-0.2, -0.15) is 0 Å². The number of carboxylic acid groups (broad SMARTS) is 2. The van der Waals surface area contributed by atoms with Gasteiger partial charge in [-0.05, 0) is 30.2 Å². The number of carbonyl (C=O) groups excluding carboxylic acids is 3. The molecule has 0 heterocycles. The van der Waals surface area contributed by atoms with E-state index in [4.69, 9.17) is 10.8 Å². The molecule has 37 heavy (non-hydrogen) atoms. The van der Waals surface area contributed by atoms with Crippen molar-refractivity contribution in [1.82, 2.24) is 16.0 Å². The smallest absolute Gasteiger partial charge is 0.326 e. The molecule has 0 fully saturated rings. The number of hydrogen-bond donors (Lipinski definition) is 6. The highest BCUT2D eigenvalue weighted by Gasteiger charge is 2.33. The number of nitrogens with one attached hydrogen (secondary N) is 3. The van der Waals surface area contributed by atoms with Crippen molar-refractivity contribution < 1.29 is 34.2 Å². The fraction of sp³-hybridized carbons (Fsp3) is 0.577. The summed E-state index contributed by atoms with van der Waals surface area (Å²) < 4.78 is 0. The molecule has 5 unspecified atom stereocenters. The van der Waals surface area contributed by atoms with Gasteiger partial charge in [0.1, 0.15) is 18.1 Å². The normalized spacial score (nSPS) is 15.1. The Morgan fingerprint density at radius 1 is 0.865 bits per heavy atom. The number of carboxylic acids is 2. The van der Waals surface area contributed by atoms with E-state index in [0.717, 1.165) is 5.56 Å². The summed E-state index contributed by atoms with van der Waals surface area (Å²) in [6.07, 6.45) is 0.311. The summed E-state index contributed by atoms with van der Waals surface area (Å²) in [5.41, 5.74) is 6.79.